The second kappa shape index (κ2) is 6.64. The Hall–Kier alpha value is -1.85. The summed E-state index contributed by atoms with van der Waals surface area (Å²) in [6, 6.07) is 12.0. The van der Waals surface area contributed by atoms with Crippen LogP contribution in [0.5, 0.6) is 0 Å². The fraction of sp³-hybridized carbons (Fsp3) is 0.286. The van der Waals surface area contributed by atoms with Crippen LogP contribution in [0.3, 0.4) is 0 Å². The minimum Gasteiger partial charge on any atom is -0.480 e. The summed E-state index contributed by atoms with van der Waals surface area (Å²) in [5.41, 5.74) is 1.30. The van der Waals surface area contributed by atoms with E-state index in [1.165, 1.54) is 12.1 Å². The molecule has 0 amide bonds. The molecule has 0 heterocycles. The van der Waals surface area contributed by atoms with Crippen molar-refractivity contribution in [2.45, 2.75) is 36.6 Å². The molecule has 27 heavy (non-hydrogen) atoms. The van der Waals surface area contributed by atoms with Crippen molar-refractivity contribution in [2.24, 2.45) is 0 Å². The van der Waals surface area contributed by atoms with Gasteiger partial charge in [0.05, 0.1) is 0 Å². The molecule has 6 heteroatoms. The van der Waals surface area contributed by atoms with Gasteiger partial charge in [-0.25, -0.2) is 9.18 Å². The standard InChI is InChI=1S/C21H18BrClFNO2/c22-18-11-13-10-15(24)4-5-17(13)20(18)6-8-21(9-7-20,19(26)27)25-16-3-1-2-14(23)12-16/h1-5,10-12,25H,6-9H2,(H,26,27). The maximum atomic E-state index is 13.6. The summed E-state index contributed by atoms with van der Waals surface area (Å²) >= 11 is 9.71. The van der Waals surface area contributed by atoms with E-state index in [1.54, 1.807) is 18.2 Å². The van der Waals surface area contributed by atoms with Crippen molar-refractivity contribution in [3.05, 3.63) is 68.9 Å². The molecule has 0 aromatic heterocycles. The molecule has 1 saturated carbocycles. The maximum absolute atomic E-state index is 13.6. The molecule has 0 unspecified atom stereocenters. The maximum Gasteiger partial charge on any atom is 0.329 e. The Balaban J connectivity index is 1.63. The van der Waals surface area contributed by atoms with E-state index in [9.17, 15) is 14.3 Å². The van der Waals surface area contributed by atoms with Crippen molar-refractivity contribution < 1.29 is 14.3 Å². The molecule has 0 saturated heterocycles. The fourth-order valence-electron chi connectivity index (χ4n) is 4.34. The van der Waals surface area contributed by atoms with Gasteiger partial charge in [-0.3, -0.25) is 0 Å². The first-order valence-corrected chi connectivity index (χ1v) is 9.97. The quantitative estimate of drug-likeness (QED) is 0.605. The Labute approximate surface area is 170 Å². The lowest BCUT2D eigenvalue weighted by atomic mass is 9.65. The van der Waals surface area contributed by atoms with E-state index in [-0.39, 0.29) is 11.2 Å². The number of anilines is 1. The Kier molecular flexibility index (Phi) is 4.55. The third-order valence-corrected chi connectivity index (χ3v) is 7.07. The van der Waals surface area contributed by atoms with Gasteiger partial charge in [-0.15, -0.1) is 0 Å². The number of hydrogen-bond donors (Lipinski definition) is 2. The zero-order chi connectivity index (χ0) is 19.2. The van der Waals surface area contributed by atoms with E-state index in [1.807, 2.05) is 18.2 Å². The highest BCUT2D eigenvalue weighted by Crippen LogP contribution is 2.55. The van der Waals surface area contributed by atoms with Crippen molar-refractivity contribution in [1.29, 1.82) is 0 Å². The van der Waals surface area contributed by atoms with Crippen molar-refractivity contribution >= 4 is 45.3 Å². The molecule has 2 N–H and O–H groups in total. The molecular formula is C21H18BrClFNO2. The molecular weight excluding hydrogens is 433 g/mol. The second-order valence-corrected chi connectivity index (χ2v) is 8.62. The largest absolute Gasteiger partial charge is 0.480 e. The third kappa shape index (κ3) is 3.07. The normalized spacial score (nSPS) is 26.6. The Bertz CT molecular complexity index is 951. The number of carboxylic acid groups (broad SMARTS) is 1. The molecule has 2 aliphatic carbocycles. The van der Waals surface area contributed by atoms with Gasteiger partial charge < -0.3 is 10.4 Å². The molecule has 2 aliphatic rings. The van der Waals surface area contributed by atoms with Crippen LogP contribution in [-0.2, 0) is 10.2 Å². The van der Waals surface area contributed by atoms with E-state index in [0.717, 1.165) is 15.6 Å². The van der Waals surface area contributed by atoms with E-state index < -0.39 is 11.5 Å². The lowest BCUT2D eigenvalue weighted by molar-refractivity contribution is -0.143. The number of rotatable bonds is 3. The summed E-state index contributed by atoms with van der Waals surface area (Å²) in [5.74, 6) is -1.13. The number of aliphatic carboxylic acids is 1. The molecule has 4 rings (SSSR count). The van der Waals surface area contributed by atoms with Crippen molar-refractivity contribution in [3.63, 3.8) is 0 Å². The second-order valence-electron chi connectivity index (χ2n) is 7.33. The first-order valence-electron chi connectivity index (χ1n) is 8.80. The molecule has 0 aliphatic heterocycles. The first kappa shape index (κ1) is 18.5. The summed E-state index contributed by atoms with van der Waals surface area (Å²) in [7, 11) is 0. The monoisotopic (exact) mass is 449 g/mol. The topological polar surface area (TPSA) is 49.3 Å². The van der Waals surface area contributed by atoms with Gasteiger partial charge in [0.2, 0.25) is 0 Å². The zero-order valence-electron chi connectivity index (χ0n) is 14.4. The number of carboxylic acids is 1. The van der Waals surface area contributed by atoms with Crippen molar-refractivity contribution in [2.75, 3.05) is 5.32 Å². The van der Waals surface area contributed by atoms with Gasteiger partial charge in [-0.05, 0) is 73.2 Å². The first-order chi connectivity index (χ1) is 12.8. The average molecular weight is 451 g/mol. The minimum absolute atomic E-state index is 0.263. The van der Waals surface area contributed by atoms with Gasteiger partial charge >= 0.3 is 5.97 Å². The van der Waals surface area contributed by atoms with Crippen molar-refractivity contribution in [1.82, 2.24) is 0 Å². The van der Waals surface area contributed by atoms with E-state index in [2.05, 4.69) is 21.2 Å². The molecule has 0 radical (unpaired) electrons. The Morgan fingerprint density at radius 2 is 1.89 bits per heavy atom. The highest BCUT2D eigenvalue weighted by molar-refractivity contribution is 9.11. The lowest BCUT2D eigenvalue weighted by Gasteiger charge is -2.44. The van der Waals surface area contributed by atoms with Gasteiger partial charge in [-0.1, -0.05) is 39.7 Å². The van der Waals surface area contributed by atoms with Crippen LogP contribution in [0.15, 0.2) is 46.9 Å². The summed E-state index contributed by atoms with van der Waals surface area (Å²) in [5, 5.41) is 13.7. The van der Waals surface area contributed by atoms with Crippen LogP contribution in [0.2, 0.25) is 5.02 Å². The summed E-state index contributed by atoms with van der Waals surface area (Å²) in [6.45, 7) is 0. The van der Waals surface area contributed by atoms with E-state index in [0.29, 0.717) is 36.4 Å². The molecule has 2 aromatic rings. The molecule has 1 spiro atoms. The molecule has 140 valence electrons. The number of benzene rings is 2. The number of allylic oxidation sites excluding steroid dienone is 1. The Morgan fingerprint density at radius 1 is 1.15 bits per heavy atom. The lowest BCUT2D eigenvalue weighted by Crippen LogP contribution is -2.52. The number of hydrogen-bond acceptors (Lipinski definition) is 2. The molecule has 3 nitrogen and oxygen atoms in total. The van der Waals surface area contributed by atoms with Gasteiger partial charge in [0.25, 0.3) is 0 Å². The van der Waals surface area contributed by atoms with E-state index >= 15 is 0 Å². The molecule has 1 fully saturated rings. The SMILES string of the molecule is O=C(O)C1(Nc2cccc(Cl)c2)CCC2(CC1)C(Br)=Cc1cc(F)ccc12. The highest BCUT2D eigenvalue weighted by atomic mass is 79.9. The van der Waals surface area contributed by atoms with Crippen LogP contribution >= 0.6 is 27.5 Å². The smallest absolute Gasteiger partial charge is 0.329 e. The van der Waals surface area contributed by atoms with Crippen LogP contribution in [0, 0.1) is 5.82 Å². The summed E-state index contributed by atoms with van der Waals surface area (Å²) in [6.07, 6.45) is 4.17. The van der Waals surface area contributed by atoms with Crippen LogP contribution in [0.4, 0.5) is 10.1 Å². The molecule has 0 bridgehead atoms. The number of fused-ring (bicyclic) bond motifs is 2. The third-order valence-electron chi connectivity index (χ3n) is 5.84. The summed E-state index contributed by atoms with van der Waals surface area (Å²) in [4.78, 5) is 12.2. The predicted octanol–water partition coefficient (Wildman–Crippen LogP) is 5.98. The van der Waals surface area contributed by atoms with Gasteiger partial charge in [0.15, 0.2) is 0 Å². The molecule has 0 atom stereocenters. The number of halogens is 3. The van der Waals surface area contributed by atoms with Gasteiger partial charge in [0.1, 0.15) is 11.4 Å². The fourth-order valence-corrected chi connectivity index (χ4v) is 5.39. The van der Waals surface area contributed by atoms with Gasteiger partial charge in [-0.2, -0.15) is 0 Å². The number of carbonyl (C=O) groups is 1. The van der Waals surface area contributed by atoms with E-state index in [4.69, 9.17) is 11.6 Å². The Morgan fingerprint density at radius 3 is 2.56 bits per heavy atom. The van der Waals surface area contributed by atoms with Crippen LogP contribution in [0.25, 0.3) is 6.08 Å². The molecule has 2 aromatic carbocycles. The summed E-state index contributed by atoms with van der Waals surface area (Å²) < 4.78 is 14.6. The number of nitrogens with one attached hydrogen (secondary N) is 1. The average Bonchev–Trinajstić information content (AvgIpc) is 2.88. The van der Waals surface area contributed by atoms with Crippen molar-refractivity contribution in [3.8, 4) is 0 Å². The van der Waals surface area contributed by atoms with Gasteiger partial charge in [0, 0.05) is 20.6 Å². The zero-order valence-corrected chi connectivity index (χ0v) is 16.8. The minimum atomic E-state index is -1.05. The van der Waals surface area contributed by atoms with Crippen LogP contribution < -0.4 is 5.32 Å². The highest BCUT2D eigenvalue weighted by Gasteiger charge is 2.51. The van der Waals surface area contributed by atoms with Crippen LogP contribution in [0.1, 0.15) is 36.8 Å². The van der Waals surface area contributed by atoms with Crippen LogP contribution in [-0.4, -0.2) is 16.6 Å². The predicted molar refractivity (Wildman–Crippen MR) is 109 cm³/mol.